The molecule has 2 N–H and O–H groups in total. The van der Waals surface area contributed by atoms with Crippen LogP contribution in [0.1, 0.15) is 48.5 Å². The van der Waals surface area contributed by atoms with Gasteiger partial charge in [-0.15, -0.1) is 0 Å². The lowest BCUT2D eigenvalue weighted by molar-refractivity contribution is 0.0527. The van der Waals surface area contributed by atoms with E-state index < -0.39 is 0 Å². The third kappa shape index (κ3) is 3.56. The van der Waals surface area contributed by atoms with Crippen molar-refractivity contribution in [3.05, 3.63) is 59.9 Å². The first-order valence-electron chi connectivity index (χ1n) is 10.9. The summed E-state index contributed by atoms with van der Waals surface area (Å²) in [5.41, 5.74) is 3.53. The molecule has 2 aliphatic rings. The van der Waals surface area contributed by atoms with Gasteiger partial charge in [-0.3, -0.25) is 4.90 Å². The largest absolute Gasteiger partial charge is 0.462 e. The topological polar surface area (TPSA) is 70.2 Å². The summed E-state index contributed by atoms with van der Waals surface area (Å²) in [5.74, 6) is -0.319. The normalized spacial score (nSPS) is 23.6. The Morgan fingerprint density at radius 3 is 2.70 bits per heavy atom. The summed E-state index contributed by atoms with van der Waals surface area (Å²) in [5, 5.41) is 4.66. The van der Waals surface area contributed by atoms with E-state index in [0.717, 1.165) is 36.1 Å². The van der Waals surface area contributed by atoms with Gasteiger partial charge in [-0.05, 0) is 44.2 Å². The lowest BCUT2D eigenvalue weighted by Crippen LogP contribution is -2.46. The van der Waals surface area contributed by atoms with Crippen LogP contribution in [0.2, 0.25) is 0 Å². The molecular formula is C24H28N4O2. The van der Waals surface area contributed by atoms with E-state index in [4.69, 9.17) is 4.74 Å². The van der Waals surface area contributed by atoms with E-state index in [1.165, 1.54) is 18.4 Å². The van der Waals surface area contributed by atoms with E-state index >= 15 is 0 Å². The van der Waals surface area contributed by atoms with Crippen LogP contribution >= 0.6 is 0 Å². The van der Waals surface area contributed by atoms with Crippen LogP contribution in [0.5, 0.6) is 0 Å². The van der Waals surface area contributed by atoms with Crippen LogP contribution in [-0.2, 0) is 11.3 Å². The van der Waals surface area contributed by atoms with E-state index in [2.05, 4.69) is 50.5 Å². The van der Waals surface area contributed by atoms with Crippen LogP contribution in [0.3, 0.4) is 0 Å². The van der Waals surface area contributed by atoms with Crippen LogP contribution in [0.15, 0.2) is 48.8 Å². The third-order valence-corrected chi connectivity index (χ3v) is 6.52. The first-order valence-corrected chi connectivity index (χ1v) is 10.9. The SMILES string of the molecule is CCOC(=O)c1cnc2[nH]ccc2c1N[C@@H]1C[C@H]2CC[C@@H](C1)N2Cc1ccccc1. The van der Waals surface area contributed by atoms with Gasteiger partial charge in [-0.2, -0.15) is 0 Å². The van der Waals surface area contributed by atoms with Gasteiger partial charge in [0.1, 0.15) is 11.2 Å². The van der Waals surface area contributed by atoms with Gasteiger partial charge in [0.25, 0.3) is 0 Å². The highest BCUT2D eigenvalue weighted by atomic mass is 16.5. The molecule has 2 aromatic heterocycles. The number of nitrogens with one attached hydrogen (secondary N) is 2. The number of pyridine rings is 1. The highest BCUT2D eigenvalue weighted by molar-refractivity contribution is 6.04. The minimum Gasteiger partial charge on any atom is -0.462 e. The maximum Gasteiger partial charge on any atom is 0.341 e. The number of ether oxygens (including phenoxy) is 1. The molecule has 3 atom stereocenters. The molecule has 0 aliphatic carbocycles. The second-order valence-corrected chi connectivity index (χ2v) is 8.36. The highest BCUT2D eigenvalue weighted by Gasteiger charge is 2.40. The lowest BCUT2D eigenvalue weighted by Gasteiger charge is -2.39. The molecule has 2 aliphatic heterocycles. The molecule has 2 fully saturated rings. The molecular weight excluding hydrogens is 376 g/mol. The van der Waals surface area contributed by atoms with Crippen molar-refractivity contribution in [2.75, 3.05) is 11.9 Å². The number of carbonyl (C=O) groups is 1. The Hall–Kier alpha value is -2.86. The van der Waals surface area contributed by atoms with Crippen LogP contribution in [0.25, 0.3) is 11.0 Å². The number of piperidine rings is 1. The van der Waals surface area contributed by atoms with Crippen molar-refractivity contribution in [2.24, 2.45) is 0 Å². The van der Waals surface area contributed by atoms with Crippen LogP contribution in [-0.4, -0.2) is 45.6 Å². The maximum absolute atomic E-state index is 12.5. The fourth-order valence-corrected chi connectivity index (χ4v) is 5.18. The summed E-state index contributed by atoms with van der Waals surface area (Å²) < 4.78 is 5.28. The van der Waals surface area contributed by atoms with E-state index in [1.807, 2.05) is 19.2 Å². The van der Waals surface area contributed by atoms with Crippen LogP contribution < -0.4 is 5.32 Å². The zero-order valence-corrected chi connectivity index (χ0v) is 17.3. The minimum atomic E-state index is -0.319. The van der Waals surface area contributed by atoms with Gasteiger partial charge in [0.15, 0.2) is 0 Å². The molecule has 1 aromatic carbocycles. The second kappa shape index (κ2) is 8.11. The number of esters is 1. The van der Waals surface area contributed by atoms with E-state index in [1.54, 1.807) is 6.20 Å². The van der Waals surface area contributed by atoms with E-state index in [9.17, 15) is 4.79 Å². The maximum atomic E-state index is 12.5. The van der Waals surface area contributed by atoms with Gasteiger partial charge < -0.3 is 15.0 Å². The van der Waals surface area contributed by atoms with Gasteiger partial charge in [-0.25, -0.2) is 9.78 Å². The van der Waals surface area contributed by atoms with Crippen molar-refractivity contribution >= 4 is 22.7 Å². The Balaban J connectivity index is 1.36. The molecule has 156 valence electrons. The number of hydrogen-bond donors (Lipinski definition) is 2. The van der Waals surface area contributed by atoms with Gasteiger partial charge in [0.05, 0.1) is 12.3 Å². The number of rotatable bonds is 6. The van der Waals surface area contributed by atoms with Crippen molar-refractivity contribution in [1.29, 1.82) is 0 Å². The number of anilines is 1. The number of hydrogen-bond acceptors (Lipinski definition) is 5. The Morgan fingerprint density at radius 2 is 1.97 bits per heavy atom. The second-order valence-electron chi connectivity index (χ2n) is 8.36. The predicted octanol–water partition coefficient (Wildman–Crippen LogP) is 4.35. The molecule has 30 heavy (non-hydrogen) atoms. The summed E-state index contributed by atoms with van der Waals surface area (Å²) in [4.78, 5) is 22.8. The minimum absolute atomic E-state index is 0.319. The monoisotopic (exact) mass is 404 g/mol. The standard InChI is InChI=1S/C24H28N4O2/c1-2-30-24(29)21-14-26-23-20(10-11-25-23)22(21)27-17-12-18-8-9-19(13-17)28(18)15-16-6-4-3-5-7-16/h3-7,10-11,14,17-19H,2,8-9,12-13,15H2,1H3,(H2,25,26,27)/t17-,18-,19+. The molecule has 2 saturated heterocycles. The van der Waals surface area contributed by atoms with Gasteiger partial charge in [0.2, 0.25) is 0 Å². The molecule has 4 heterocycles. The number of nitrogens with zero attached hydrogens (tertiary/aromatic N) is 2. The van der Waals surface area contributed by atoms with Gasteiger partial charge >= 0.3 is 5.97 Å². The summed E-state index contributed by atoms with van der Waals surface area (Å²) >= 11 is 0. The smallest absolute Gasteiger partial charge is 0.341 e. The average Bonchev–Trinajstić information content (AvgIpc) is 3.31. The zero-order valence-electron chi connectivity index (χ0n) is 17.3. The highest BCUT2D eigenvalue weighted by Crippen LogP contribution is 2.39. The molecule has 0 saturated carbocycles. The van der Waals surface area contributed by atoms with Crippen LogP contribution in [0.4, 0.5) is 5.69 Å². The molecule has 5 rings (SSSR count). The summed E-state index contributed by atoms with van der Waals surface area (Å²) in [6.45, 7) is 3.20. The summed E-state index contributed by atoms with van der Waals surface area (Å²) in [6, 6.07) is 14.2. The number of H-pyrrole nitrogens is 1. The Kier molecular flexibility index (Phi) is 5.17. The zero-order chi connectivity index (χ0) is 20.5. The lowest BCUT2D eigenvalue weighted by atomic mass is 9.95. The molecule has 0 radical (unpaired) electrons. The Bertz CT molecular complexity index is 1020. The van der Waals surface area contributed by atoms with Crippen molar-refractivity contribution in [1.82, 2.24) is 14.9 Å². The number of aromatic nitrogens is 2. The molecule has 6 heteroatoms. The van der Waals surface area contributed by atoms with Crippen molar-refractivity contribution in [2.45, 2.75) is 57.3 Å². The third-order valence-electron chi connectivity index (χ3n) is 6.52. The van der Waals surface area contributed by atoms with E-state index in [-0.39, 0.29) is 5.97 Å². The molecule has 6 nitrogen and oxygen atoms in total. The summed E-state index contributed by atoms with van der Waals surface area (Å²) in [7, 11) is 0. The number of fused-ring (bicyclic) bond motifs is 3. The van der Waals surface area contributed by atoms with Crippen molar-refractivity contribution in [3.8, 4) is 0 Å². The first kappa shape index (κ1) is 19.1. The Morgan fingerprint density at radius 1 is 1.20 bits per heavy atom. The quantitative estimate of drug-likeness (QED) is 0.598. The molecule has 2 bridgehead atoms. The number of benzene rings is 1. The van der Waals surface area contributed by atoms with Crippen LogP contribution in [0, 0.1) is 0 Å². The Labute approximate surface area is 176 Å². The van der Waals surface area contributed by atoms with Gasteiger partial charge in [0, 0.05) is 42.5 Å². The number of carbonyl (C=O) groups excluding carboxylic acids is 1. The average molecular weight is 405 g/mol. The fraction of sp³-hybridized carbons (Fsp3) is 0.417. The van der Waals surface area contributed by atoms with Crippen molar-refractivity contribution < 1.29 is 9.53 Å². The fourth-order valence-electron chi connectivity index (χ4n) is 5.18. The molecule has 3 aromatic rings. The van der Waals surface area contributed by atoms with E-state index in [0.29, 0.717) is 30.3 Å². The first-order chi connectivity index (χ1) is 14.7. The molecule has 0 unspecified atom stereocenters. The van der Waals surface area contributed by atoms with Crippen molar-refractivity contribution in [3.63, 3.8) is 0 Å². The van der Waals surface area contributed by atoms with Gasteiger partial charge in [-0.1, -0.05) is 30.3 Å². The molecule has 0 amide bonds. The summed E-state index contributed by atoms with van der Waals surface area (Å²) in [6.07, 6.45) is 8.15. The number of aromatic amines is 1. The predicted molar refractivity (Wildman–Crippen MR) is 117 cm³/mol. The molecule has 0 spiro atoms.